The van der Waals surface area contributed by atoms with E-state index in [0.717, 1.165) is 71.2 Å². The predicted molar refractivity (Wildman–Crippen MR) is 595 cm³/mol. The normalized spacial score (nSPS) is 16.0. The molecule has 8 aliphatic carbocycles. The van der Waals surface area contributed by atoms with Gasteiger partial charge in [0.25, 0.3) is 0 Å². The van der Waals surface area contributed by atoms with Gasteiger partial charge in [-0.05, 0) is 242 Å². The first-order valence-electron chi connectivity index (χ1n) is 54.2. The number of halogens is 2. The Bertz CT molecular complexity index is 4890. The third kappa shape index (κ3) is 42.9. The summed E-state index contributed by atoms with van der Waals surface area (Å²) in [5, 5.41) is 26.6. The SMILES string of the molecule is Cc1ccc(N(C)C(=O)CNC2CCC2)cc1F.Cc1ccc(N(C)C(=O)CNC2CCCC2)cc1.Cc1ccc(N(C)C(=O)CNC2CCCC2)cc1F.Cc1ccc(N(C)C(=O)CNC2CCCC2)cn1.Cc1ccc(N(C)C(=O)CNC2CCCCC2)cc1.Cc1ccc(N(C)C(=O)CNC2CCCCC2)cn1.Cc1ncc(N(C)C(=O)CNC2CCCC2)cn1.Cc1ncc(N(C)C(=O)CNC2CCCCC2)cn1. The van der Waals surface area contributed by atoms with E-state index in [1.807, 2.05) is 122 Å². The fraction of sp³-hybridized carbons (Fsp3) is 0.569. The molecule has 16 rings (SSSR count). The van der Waals surface area contributed by atoms with Crippen molar-refractivity contribution in [2.45, 2.75) is 322 Å². The summed E-state index contributed by atoms with van der Waals surface area (Å²) in [7, 11) is 14.2. The van der Waals surface area contributed by atoms with Gasteiger partial charge in [-0.2, -0.15) is 0 Å². The van der Waals surface area contributed by atoms with Gasteiger partial charge >= 0.3 is 0 Å². The highest BCUT2D eigenvalue weighted by Crippen LogP contribution is 2.28. The lowest BCUT2D eigenvalue weighted by Crippen LogP contribution is -2.42. The van der Waals surface area contributed by atoms with Crippen molar-refractivity contribution in [3.8, 4) is 0 Å². The maximum absolute atomic E-state index is 13.5. The molecule has 0 spiro atoms. The van der Waals surface area contributed by atoms with Crippen LogP contribution in [0.4, 0.5) is 54.3 Å². The third-order valence-electron chi connectivity index (χ3n) is 29.5. The molecule has 808 valence electrons. The Morgan fingerprint density at radius 1 is 0.223 bits per heavy atom. The number of likely N-dealkylation sites (N-methyl/N-ethyl adjacent to an activating group) is 8. The second-order valence-electron chi connectivity index (χ2n) is 41.1. The fourth-order valence-electron chi connectivity index (χ4n) is 18.6. The molecule has 4 aromatic carbocycles. The molecule has 0 saturated heterocycles. The standard InChI is InChI=1S/C16H24N2O.C15H21FN2O.C15H23N3O.C15H22N2O.C14H19FN2O.C14H22N4O.C14H21N3O.C13H20N4O/c1-13-8-10-15(11-9-13)18(2)16(19)12-17-14-6-4-3-5-7-14;1-11-7-8-13(9-14(11)16)18(2)15(19)10-17-12-5-3-4-6-12;1-12-8-9-14(10-16-12)18(2)15(19)11-17-13-6-4-3-5-7-13;1-12-7-9-14(10-8-12)17(2)15(18)11-16-13-5-3-4-6-13;1-10-6-7-12(8-13(10)15)17(2)14(18)9-16-11-4-3-5-11;1-11-15-8-13(9-16-11)18(2)14(19)10-17-12-6-4-3-5-7-12;1-11-7-8-13(9-15-11)17(2)14(18)10-16-12-5-3-4-6-12;1-10-14-7-12(8-15-10)17(2)13(18)9-16-11-5-3-4-6-11/h8-11,14,17H,3-7,12H2,1-2H3;7-9,12,17H,3-6,10H2,1-2H3;8-10,13,17H,3-7,11H2,1-2H3;7-10,13,16H,3-6,11H2,1-2H3;6-8,11,16H,3-5,9H2,1-2H3;8-9,12,17H,3-7,10H2,1-2H3;7-9,12,16H,3-6,10H2,1-2H3;7-8,11,16H,3-6,9H2,1-2H3. The summed E-state index contributed by atoms with van der Waals surface area (Å²) in [5.74, 6) is 1.35. The molecular weight excluding hydrogens is 1870 g/mol. The maximum Gasteiger partial charge on any atom is 0.240 e. The Balaban J connectivity index is 0.000000188. The van der Waals surface area contributed by atoms with E-state index in [9.17, 15) is 47.1 Å². The van der Waals surface area contributed by atoms with Crippen LogP contribution in [0.15, 0.2) is 146 Å². The topological polar surface area (TPSA) is 336 Å². The summed E-state index contributed by atoms with van der Waals surface area (Å²) < 4.78 is 26.9. The van der Waals surface area contributed by atoms with Crippen molar-refractivity contribution in [1.29, 1.82) is 0 Å². The summed E-state index contributed by atoms with van der Waals surface area (Å²) in [6.07, 6.45) is 52.3. The quantitative estimate of drug-likeness (QED) is 0.0194. The van der Waals surface area contributed by atoms with E-state index >= 15 is 0 Å². The molecule has 4 heterocycles. The molecule has 148 heavy (non-hydrogen) atoms. The number of aryl methyl sites for hydroxylation is 8. The summed E-state index contributed by atoms with van der Waals surface area (Å²) in [6.45, 7) is 18.2. The van der Waals surface area contributed by atoms with E-state index in [2.05, 4.69) is 79.4 Å². The number of nitrogens with zero attached hydrogens (tertiary/aromatic N) is 14. The minimum atomic E-state index is -0.279. The summed E-state index contributed by atoms with van der Waals surface area (Å²) in [4.78, 5) is 134. The first-order valence-corrected chi connectivity index (χ1v) is 54.2. The lowest BCUT2D eigenvalue weighted by molar-refractivity contribution is -0.118. The van der Waals surface area contributed by atoms with Gasteiger partial charge in [0.15, 0.2) is 0 Å². The first kappa shape index (κ1) is 120. The molecule has 0 unspecified atom stereocenters. The summed E-state index contributed by atoms with van der Waals surface area (Å²) >= 11 is 0. The average Bonchev–Trinajstić information content (AvgIpc) is 1.45. The van der Waals surface area contributed by atoms with Crippen LogP contribution in [0.1, 0.15) is 264 Å². The molecule has 0 aliphatic heterocycles. The number of rotatable bonds is 32. The number of amides is 8. The van der Waals surface area contributed by atoms with Crippen LogP contribution in [-0.4, -0.2) is 234 Å². The van der Waals surface area contributed by atoms with Gasteiger partial charge in [0.2, 0.25) is 47.3 Å². The molecule has 4 aromatic heterocycles. The van der Waals surface area contributed by atoms with Crippen molar-refractivity contribution < 1.29 is 47.1 Å². The zero-order valence-electron chi connectivity index (χ0n) is 91.5. The van der Waals surface area contributed by atoms with Gasteiger partial charge in [-0.25, -0.2) is 28.7 Å². The largest absolute Gasteiger partial charge is 0.314 e. The molecule has 8 aliphatic rings. The molecule has 0 bridgehead atoms. The first-order chi connectivity index (χ1) is 71.1. The Labute approximate surface area is 880 Å². The highest BCUT2D eigenvalue weighted by atomic mass is 19.1. The van der Waals surface area contributed by atoms with Crippen LogP contribution >= 0.6 is 0 Å². The maximum atomic E-state index is 13.5. The second kappa shape index (κ2) is 64.9. The van der Waals surface area contributed by atoms with Gasteiger partial charge in [-0.3, -0.25) is 48.3 Å². The fourth-order valence-corrected chi connectivity index (χ4v) is 18.6. The minimum absolute atomic E-state index is 0.0323. The number of hydrogen-bond acceptors (Lipinski definition) is 22. The molecule has 8 aromatic rings. The van der Waals surface area contributed by atoms with Crippen molar-refractivity contribution in [3.05, 3.63) is 203 Å². The number of carbonyl (C=O) groups is 8. The second-order valence-corrected chi connectivity index (χ2v) is 41.1. The Hall–Kier alpha value is -11.4. The molecule has 0 atom stereocenters. The van der Waals surface area contributed by atoms with E-state index in [-0.39, 0.29) is 58.9 Å². The van der Waals surface area contributed by atoms with Crippen molar-refractivity contribution >= 4 is 92.8 Å². The van der Waals surface area contributed by atoms with Crippen LogP contribution in [0.5, 0.6) is 0 Å². The lowest BCUT2D eigenvalue weighted by Gasteiger charge is -2.27. The zero-order valence-corrected chi connectivity index (χ0v) is 91.5. The highest BCUT2D eigenvalue weighted by Gasteiger charge is 2.27. The van der Waals surface area contributed by atoms with E-state index in [0.29, 0.717) is 135 Å². The van der Waals surface area contributed by atoms with Crippen molar-refractivity contribution in [3.63, 3.8) is 0 Å². The average molecular weight is 2040 g/mol. The van der Waals surface area contributed by atoms with Crippen molar-refractivity contribution in [2.24, 2.45) is 0 Å². The highest BCUT2D eigenvalue weighted by molar-refractivity contribution is 5.98. The molecule has 8 N–H and O–H groups in total. The molecule has 30 nitrogen and oxygen atoms in total. The van der Waals surface area contributed by atoms with Gasteiger partial charge in [0.05, 0.1) is 112 Å². The summed E-state index contributed by atoms with van der Waals surface area (Å²) in [6, 6.07) is 37.6. The number of nitrogens with one attached hydrogen (secondary N) is 8. The monoisotopic (exact) mass is 2040 g/mol. The van der Waals surface area contributed by atoms with E-state index < -0.39 is 0 Å². The Morgan fingerprint density at radius 2 is 0.399 bits per heavy atom. The van der Waals surface area contributed by atoms with Gasteiger partial charge in [-0.15, -0.1) is 0 Å². The predicted octanol–water partition coefficient (Wildman–Crippen LogP) is 17.3. The molecule has 8 amide bonds. The van der Waals surface area contributed by atoms with Crippen LogP contribution in [0.3, 0.4) is 0 Å². The number of aromatic nitrogens is 6. The molecule has 0 radical (unpaired) electrons. The van der Waals surface area contributed by atoms with Crippen LogP contribution in [0.25, 0.3) is 0 Å². The van der Waals surface area contributed by atoms with Gasteiger partial charge in [0, 0.05) is 139 Å². The van der Waals surface area contributed by atoms with Crippen LogP contribution < -0.4 is 81.7 Å². The van der Waals surface area contributed by atoms with Crippen molar-refractivity contribution in [2.75, 3.05) is 148 Å². The number of benzene rings is 4. The molecule has 8 saturated carbocycles. The lowest BCUT2D eigenvalue weighted by atomic mass is 9.93. The molecule has 32 heteroatoms. The number of carbonyl (C=O) groups excluding carboxylic acids is 8. The van der Waals surface area contributed by atoms with Gasteiger partial charge < -0.3 is 81.7 Å². The van der Waals surface area contributed by atoms with E-state index in [4.69, 9.17) is 0 Å². The number of anilines is 8. The summed E-state index contributed by atoms with van der Waals surface area (Å²) in [5.41, 5.74) is 11.8. The third-order valence-corrected chi connectivity index (χ3v) is 29.5. The van der Waals surface area contributed by atoms with Gasteiger partial charge in [-0.1, -0.05) is 163 Å². The van der Waals surface area contributed by atoms with Crippen molar-refractivity contribution in [1.82, 2.24) is 72.4 Å². The Morgan fingerprint density at radius 3 is 0.595 bits per heavy atom. The van der Waals surface area contributed by atoms with Crippen LogP contribution in [-0.2, 0) is 38.4 Å². The molecular formula is C116H172F2N22O8. The molecule has 8 fully saturated rings. The van der Waals surface area contributed by atoms with E-state index in [1.54, 1.807) is 147 Å². The Kier molecular flexibility index (Phi) is 52.7. The van der Waals surface area contributed by atoms with Gasteiger partial charge in [0.1, 0.15) is 23.3 Å². The minimum Gasteiger partial charge on any atom is -0.314 e. The number of pyridine rings is 2. The van der Waals surface area contributed by atoms with Crippen LogP contribution in [0.2, 0.25) is 0 Å². The smallest absolute Gasteiger partial charge is 0.240 e. The number of hydrogen-bond donors (Lipinski definition) is 8. The van der Waals surface area contributed by atoms with Crippen LogP contribution in [0, 0.1) is 67.0 Å². The van der Waals surface area contributed by atoms with E-state index in [1.165, 1.54) is 226 Å². The zero-order chi connectivity index (χ0) is 107.